The summed E-state index contributed by atoms with van der Waals surface area (Å²) in [5, 5.41) is 9.75. The number of allylic oxidation sites excluding steroid dienone is 1. The fourth-order valence-corrected chi connectivity index (χ4v) is 3.63. The van der Waals surface area contributed by atoms with Crippen LogP contribution in [0, 0.1) is 13.8 Å². The number of hydrogen-bond donors (Lipinski definition) is 3. The Hall–Kier alpha value is -3.06. The number of thiocarbonyl (C=S) groups is 1. The Morgan fingerprint density at radius 1 is 1.10 bits per heavy atom. The number of benzene rings is 2. The molecular formula is C22H25N3O3S. The molecule has 0 saturated carbocycles. The van der Waals surface area contributed by atoms with Crippen LogP contribution in [0.1, 0.15) is 29.7 Å². The van der Waals surface area contributed by atoms with Crippen LogP contribution in [0.5, 0.6) is 11.5 Å². The Kier molecular flexibility index (Phi) is 6.08. The van der Waals surface area contributed by atoms with Gasteiger partial charge in [-0.25, -0.2) is 0 Å². The number of nitrogens with one attached hydrogen (secondary N) is 3. The van der Waals surface area contributed by atoms with E-state index in [0.29, 0.717) is 27.9 Å². The van der Waals surface area contributed by atoms with Crippen LogP contribution in [0.15, 0.2) is 47.7 Å². The van der Waals surface area contributed by atoms with Gasteiger partial charge in [-0.05, 0) is 62.3 Å². The van der Waals surface area contributed by atoms with E-state index in [1.165, 1.54) is 0 Å². The van der Waals surface area contributed by atoms with E-state index >= 15 is 0 Å². The molecule has 1 aliphatic rings. The molecule has 3 N–H and O–H groups in total. The van der Waals surface area contributed by atoms with Gasteiger partial charge in [0.25, 0.3) is 5.91 Å². The molecule has 0 saturated heterocycles. The van der Waals surface area contributed by atoms with Crippen molar-refractivity contribution < 1.29 is 14.3 Å². The number of hydrogen-bond acceptors (Lipinski definition) is 4. The molecule has 2 aromatic carbocycles. The van der Waals surface area contributed by atoms with Crippen molar-refractivity contribution in [3.05, 3.63) is 64.4 Å². The van der Waals surface area contributed by atoms with Gasteiger partial charge in [-0.3, -0.25) is 4.79 Å². The van der Waals surface area contributed by atoms with Gasteiger partial charge in [-0.2, -0.15) is 0 Å². The molecule has 152 valence electrons. The van der Waals surface area contributed by atoms with Gasteiger partial charge in [0.2, 0.25) is 0 Å². The number of amides is 1. The number of carbonyl (C=O) groups excluding carboxylic acids is 1. The fraction of sp³-hybridized carbons (Fsp3) is 0.273. The van der Waals surface area contributed by atoms with Crippen molar-refractivity contribution in [1.29, 1.82) is 0 Å². The molecule has 29 heavy (non-hydrogen) atoms. The summed E-state index contributed by atoms with van der Waals surface area (Å²) >= 11 is 5.34. The van der Waals surface area contributed by atoms with Crippen LogP contribution in [-0.2, 0) is 4.79 Å². The third-order valence-electron chi connectivity index (χ3n) is 5.12. The Morgan fingerprint density at radius 3 is 2.55 bits per heavy atom. The second-order valence-electron chi connectivity index (χ2n) is 6.88. The van der Waals surface area contributed by atoms with Crippen molar-refractivity contribution >= 4 is 28.9 Å². The van der Waals surface area contributed by atoms with Crippen LogP contribution in [0.2, 0.25) is 0 Å². The standard InChI is InChI=1S/C22H25N3O3S/c1-12-7-6-8-17(13(12)2)24-21(26)19-14(3)23-22(29)25-20(19)16-10-9-15(27-4)11-18(16)28-5/h6-11,20H,1-5H3,(H,24,26)(H2,23,25,29). The monoisotopic (exact) mass is 411 g/mol. The predicted octanol–water partition coefficient (Wildman–Crippen LogP) is 3.75. The zero-order chi connectivity index (χ0) is 21.1. The predicted molar refractivity (Wildman–Crippen MR) is 118 cm³/mol. The average molecular weight is 412 g/mol. The molecule has 1 aliphatic heterocycles. The second kappa shape index (κ2) is 8.53. The number of methoxy groups -OCH3 is 2. The van der Waals surface area contributed by atoms with Gasteiger partial charge in [-0.15, -0.1) is 0 Å². The molecule has 1 amide bonds. The van der Waals surface area contributed by atoms with Gasteiger partial charge >= 0.3 is 0 Å². The fourth-order valence-electron chi connectivity index (χ4n) is 3.36. The van der Waals surface area contributed by atoms with Crippen molar-refractivity contribution in [2.24, 2.45) is 0 Å². The lowest BCUT2D eigenvalue weighted by atomic mass is 9.93. The summed E-state index contributed by atoms with van der Waals surface area (Å²) in [6, 6.07) is 10.9. The summed E-state index contributed by atoms with van der Waals surface area (Å²) in [5.41, 5.74) is 4.96. The summed E-state index contributed by atoms with van der Waals surface area (Å²) in [6.45, 7) is 5.85. The lowest BCUT2D eigenvalue weighted by Crippen LogP contribution is -2.45. The van der Waals surface area contributed by atoms with E-state index in [-0.39, 0.29) is 5.91 Å². The Morgan fingerprint density at radius 2 is 1.86 bits per heavy atom. The molecule has 6 nitrogen and oxygen atoms in total. The van der Waals surface area contributed by atoms with Crippen LogP contribution < -0.4 is 25.4 Å². The second-order valence-corrected chi connectivity index (χ2v) is 7.29. The van der Waals surface area contributed by atoms with Gasteiger partial charge in [0.1, 0.15) is 11.5 Å². The highest BCUT2D eigenvalue weighted by atomic mass is 32.1. The third kappa shape index (κ3) is 4.19. The molecule has 1 unspecified atom stereocenters. The highest BCUT2D eigenvalue weighted by Gasteiger charge is 2.32. The molecule has 0 fully saturated rings. The molecule has 7 heteroatoms. The summed E-state index contributed by atoms with van der Waals surface area (Å²) in [4.78, 5) is 13.3. The molecule has 0 bridgehead atoms. The van der Waals surface area contributed by atoms with Crippen molar-refractivity contribution in [3.63, 3.8) is 0 Å². The van der Waals surface area contributed by atoms with Crippen LogP contribution in [0.4, 0.5) is 5.69 Å². The van der Waals surface area contributed by atoms with E-state index in [0.717, 1.165) is 22.4 Å². The van der Waals surface area contributed by atoms with Gasteiger partial charge in [-0.1, -0.05) is 12.1 Å². The molecule has 1 atom stereocenters. The molecule has 0 aliphatic carbocycles. The van der Waals surface area contributed by atoms with Crippen molar-refractivity contribution in [3.8, 4) is 11.5 Å². The summed E-state index contributed by atoms with van der Waals surface area (Å²) in [6.07, 6.45) is 0. The smallest absolute Gasteiger partial charge is 0.255 e. The maximum atomic E-state index is 13.3. The normalized spacial score (nSPS) is 16.0. The Bertz CT molecular complexity index is 1000. The van der Waals surface area contributed by atoms with Crippen molar-refractivity contribution in [2.75, 3.05) is 19.5 Å². The van der Waals surface area contributed by atoms with Gasteiger partial charge in [0, 0.05) is 23.0 Å². The van der Waals surface area contributed by atoms with Crippen molar-refractivity contribution in [1.82, 2.24) is 10.6 Å². The highest BCUT2D eigenvalue weighted by Crippen LogP contribution is 2.36. The topological polar surface area (TPSA) is 71.6 Å². The average Bonchev–Trinajstić information content (AvgIpc) is 2.70. The molecule has 1 heterocycles. The number of carbonyl (C=O) groups is 1. The van der Waals surface area contributed by atoms with E-state index in [2.05, 4.69) is 16.0 Å². The summed E-state index contributed by atoms with van der Waals surface area (Å²) < 4.78 is 10.8. The molecule has 2 aromatic rings. The van der Waals surface area contributed by atoms with Crippen molar-refractivity contribution in [2.45, 2.75) is 26.8 Å². The number of anilines is 1. The first-order valence-corrected chi connectivity index (χ1v) is 9.64. The van der Waals surface area contributed by atoms with Crippen LogP contribution in [0.3, 0.4) is 0 Å². The maximum absolute atomic E-state index is 13.3. The summed E-state index contributed by atoms with van der Waals surface area (Å²) in [7, 11) is 3.18. The number of ether oxygens (including phenoxy) is 2. The van der Waals surface area contributed by atoms with Crippen LogP contribution in [0.25, 0.3) is 0 Å². The van der Waals surface area contributed by atoms with Crippen LogP contribution >= 0.6 is 12.2 Å². The lowest BCUT2D eigenvalue weighted by Gasteiger charge is -2.31. The first-order chi connectivity index (χ1) is 13.8. The van der Waals surface area contributed by atoms with E-state index < -0.39 is 6.04 Å². The highest BCUT2D eigenvalue weighted by molar-refractivity contribution is 7.80. The third-order valence-corrected chi connectivity index (χ3v) is 5.34. The van der Waals surface area contributed by atoms with E-state index in [4.69, 9.17) is 21.7 Å². The maximum Gasteiger partial charge on any atom is 0.255 e. The largest absolute Gasteiger partial charge is 0.497 e. The zero-order valence-corrected chi connectivity index (χ0v) is 18.0. The number of rotatable bonds is 5. The van der Waals surface area contributed by atoms with Gasteiger partial charge in [0.05, 0.1) is 25.8 Å². The minimum absolute atomic E-state index is 0.207. The zero-order valence-electron chi connectivity index (χ0n) is 17.2. The van der Waals surface area contributed by atoms with Gasteiger partial charge in [0.15, 0.2) is 5.11 Å². The summed E-state index contributed by atoms with van der Waals surface area (Å²) in [5.74, 6) is 1.07. The Labute approximate surface area is 176 Å². The number of aryl methyl sites for hydroxylation is 1. The van der Waals surface area contributed by atoms with Gasteiger partial charge < -0.3 is 25.4 Å². The quantitative estimate of drug-likeness (QED) is 0.651. The van der Waals surface area contributed by atoms with E-state index in [1.807, 2.05) is 51.1 Å². The minimum atomic E-state index is -0.463. The van der Waals surface area contributed by atoms with E-state index in [1.54, 1.807) is 20.3 Å². The molecular weight excluding hydrogens is 386 g/mol. The lowest BCUT2D eigenvalue weighted by molar-refractivity contribution is -0.113. The van der Waals surface area contributed by atoms with E-state index in [9.17, 15) is 4.79 Å². The Balaban J connectivity index is 2.02. The molecule has 0 spiro atoms. The first kappa shape index (κ1) is 20.7. The molecule has 0 radical (unpaired) electrons. The van der Waals surface area contributed by atoms with Crippen LogP contribution in [-0.4, -0.2) is 25.2 Å². The SMILES string of the molecule is COc1ccc(C2NC(=S)NC(C)=C2C(=O)Nc2cccc(C)c2C)c(OC)c1. The minimum Gasteiger partial charge on any atom is -0.497 e. The molecule has 0 aromatic heterocycles. The molecule has 3 rings (SSSR count). The first-order valence-electron chi connectivity index (χ1n) is 9.23.